The Labute approximate surface area is 239 Å². The van der Waals surface area contributed by atoms with Gasteiger partial charge in [-0.05, 0) is 62.2 Å². The standard InChI is InChI=1S/C40H27N/c1-3-12-28(13-4-1)31-22-24-40-37(26-31)38(30-14-5-2-6-15-30)27-41(40)39-25-23-35(34-19-9-10-20-36(34)39)33-21-11-17-29-16-7-8-18-32(29)33/h1-27H. The Balaban J connectivity index is 1.38. The molecule has 0 aliphatic rings. The first-order valence-corrected chi connectivity index (χ1v) is 14.1. The van der Waals surface area contributed by atoms with Gasteiger partial charge in [0.2, 0.25) is 0 Å². The lowest BCUT2D eigenvalue weighted by Crippen LogP contribution is -1.95. The van der Waals surface area contributed by atoms with Crippen molar-refractivity contribution in [1.29, 1.82) is 0 Å². The predicted octanol–water partition coefficient (Wildman–Crippen LogP) is 10.9. The lowest BCUT2D eigenvalue weighted by atomic mass is 9.93. The molecule has 0 saturated carbocycles. The van der Waals surface area contributed by atoms with Crippen LogP contribution in [0.2, 0.25) is 0 Å². The number of aromatic nitrogens is 1. The molecule has 1 heteroatoms. The molecule has 1 aromatic heterocycles. The first-order chi connectivity index (χ1) is 20.3. The average molecular weight is 522 g/mol. The third kappa shape index (κ3) is 3.94. The van der Waals surface area contributed by atoms with Gasteiger partial charge < -0.3 is 4.57 Å². The fraction of sp³-hybridized carbons (Fsp3) is 0. The average Bonchev–Trinajstić information content (AvgIpc) is 3.43. The first kappa shape index (κ1) is 23.5. The molecule has 0 radical (unpaired) electrons. The van der Waals surface area contributed by atoms with Gasteiger partial charge in [-0.1, -0.05) is 140 Å². The smallest absolute Gasteiger partial charge is 0.0535 e. The highest BCUT2D eigenvalue weighted by molar-refractivity contribution is 6.09. The van der Waals surface area contributed by atoms with E-state index in [9.17, 15) is 0 Å². The highest BCUT2D eigenvalue weighted by Gasteiger charge is 2.16. The summed E-state index contributed by atoms with van der Waals surface area (Å²) in [6.45, 7) is 0. The summed E-state index contributed by atoms with van der Waals surface area (Å²) in [4.78, 5) is 0. The van der Waals surface area contributed by atoms with Gasteiger partial charge in [0, 0.05) is 22.5 Å². The molecule has 0 unspecified atom stereocenters. The topological polar surface area (TPSA) is 4.93 Å². The van der Waals surface area contributed by atoms with Crippen molar-refractivity contribution in [3.05, 3.63) is 164 Å². The van der Waals surface area contributed by atoms with Gasteiger partial charge in [0.15, 0.2) is 0 Å². The van der Waals surface area contributed by atoms with Crippen LogP contribution in [0.4, 0.5) is 0 Å². The second-order valence-corrected chi connectivity index (χ2v) is 10.6. The van der Waals surface area contributed by atoms with E-state index < -0.39 is 0 Å². The number of fused-ring (bicyclic) bond motifs is 3. The van der Waals surface area contributed by atoms with Crippen LogP contribution in [0.3, 0.4) is 0 Å². The van der Waals surface area contributed by atoms with Crippen LogP contribution < -0.4 is 0 Å². The van der Waals surface area contributed by atoms with E-state index in [1.54, 1.807) is 0 Å². The Morgan fingerprint density at radius 3 is 1.78 bits per heavy atom. The fourth-order valence-electron chi connectivity index (χ4n) is 6.28. The minimum Gasteiger partial charge on any atom is -0.315 e. The number of hydrogen-bond donors (Lipinski definition) is 0. The Hall–Kier alpha value is -5.40. The highest BCUT2D eigenvalue weighted by atomic mass is 15.0. The molecule has 8 aromatic rings. The van der Waals surface area contributed by atoms with Crippen LogP contribution in [-0.2, 0) is 0 Å². The van der Waals surface area contributed by atoms with Gasteiger partial charge in [-0.3, -0.25) is 0 Å². The largest absolute Gasteiger partial charge is 0.315 e. The van der Waals surface area contributed by atoms with Gasteiger partial charge in [-0.25, -0.2) is 0 Å². The third-order valence-electron chi connectivity index (χ3n) is 8.24. The van der Waals surface area contributed by atoms with Crippen molar-refractivity contribution in [3.63, 3.8) is 0 Å². The van der Waals surface area contributed by atoms with Crippen molar-refractivity contribution in [2.24, 2.45) is 0 Å². The molecule has 0 aliphatic carbocycles. The van der Waals surface area contributed by atoms with Crippen LogP contribution in [0.15, 0.2) is 164 Å². The minimum absolute atomic E-state index is 1.18. The Bertz CT molecular complexity index is 2180. The number of benzene rings is 7. The molecule has 0 saturated heterocycles. The van der Waals surface area contributed by atoms with Gasteiger partial charge in [0.25, 0.3) is 0 Å². The van der Waals surface area contributed by atoms with Gasteiger partial charge >= 0.3 is 0 Å². The van der Waals surface area contributed by atoms with Crippen LogP contribution in [0.1, 0.15) is 0 Å². The zero-order chi connectivity index (χ0) is 27.2. The van der Waals surface area contributed by atoms with E-state index in [0.717, 1.165) is 0 Å². The monoisotopic (exact) mass is 521 g/mol. The maximum Gasteiger partial charge on any atom is 0.0535 e. The lowest BCUT2D eigenvalue weighted by molar-refractivity contribution is 1.14. The van der Waals surface area contributed by atoms with Crippen molar-refractivity contribution < 1.29 is 0 Å². The second kappa shape index (κ2) is 9.66. The Kier molecular flexibility index (Phi) is 5.53. The molecule has 0 fully saturated rings. The fourth-order valence-corrected chi connectivity index (χ4v) is 6.28. The van der Waals surface area contributed by atoms with Crippen molar-refractivity contribution >= 4 is 32.4 Å². The summed E-state index contributed by atoms with van der Waals surface area (Å²) in [5.74, 6) is 0. The summed E-state index contributed by atoms with van der Waals surface area (Å²) in [7, 11) is 0. The van der Waals surface area contributed by atoms with Crippen molar-refractivity contribution in [3.8, 4) is 39.1 Å². The molecule has 0 bridgehead atoms. The molecule has 7 aromatic carbocycles. The molecule has 1 nitrogen and oxygen atoms in total. The molecule has 0 N–H and O–H groups in total. The molecule has 0 amide bonds. The van der Waals surface area contributed by atoms with Crippen molar-refractivity contribution in [1.82, 2.24) is 4.57 Å². The van der Waals surface area contributed by atoms with E-state index in [1.807, 2.05) is 0 Å². The number of rotatable bonds is 4. The van der Waals surface area contributed by atoms with Gasteiger partial charge in [-0.2, -0.15) is 0 Å². The van der Waals surface area contributed by atoms with Gasteiger partial charge in [0.1, 0.15) is 0 Å². The zero-order valence-corrected chi connectivity index (χ0v) is 22.5. The summed E-state index contributed by atoms with van der Waals surface area (Å²) in [6.07, 6.45) is 2.31. The normalized spacial score (nSPS) is 11.4. The molecule has 0 aliphatic heterocycles. The van der Waals surface area contributed by atoms with Crippen molar-refractivity contribution in [2.45, 2.75) is 0 Å². The molecular formula is C40H27N. The Morgan fingerprint density at radius 1 is 0.341 bits per heavy atom. The third-order valence-corrected chi connectivity index (χ3v) is 8.24. The maximum atomic E-state index is 2.38. The van der Waals surface area contributed by atoms with Crippen molar-refractivity contribution in [2.75, 3.05) is 0 Å². The van der Waals surface area contributed by atoms with Crippen LogP contribution in [-0.4, -0.2) is 4.57 Å². The van der Waals surface area contributed by atoms with E-state index in [-0.39, 0.29) is 0 Å². The minimum atomic E-state index is 1.18. The maximum absolute atomic E-state index is 2.38. The lowest BCUT2D eigenvalue weighted by Gasteiger charge is -2.15. The first-order valence-electron chi connectivity index (χ1n) is 14.1. The molecule has 1 heterocycles. The van der Waals surface area contributed by atoms with Gasteiger partial charge in [-0.15, -0.1) is 0 Å². The summed E-state index contributed by atoms with van der Waals surface area (Å²) < 4.78 is 2.38. The Morgan fingerprint density at radius 2 is 0.976 bits per heavy atom. The number of nitrogens with zero attached hydrogens (tertiary/aromatic N) is 1. The molecular weight excluding hydrogens is 494 g/mol. The summed E-state index contributed by atoms with van der Waals surface area (Å²) in [5.41, 5.74) is 9.82. The van der Waals surface area contributed by atoms with E-state index >= 15 is 0 Å². The number of hydrogen-bond acceptors (Lipinski definition) is 0. The van der Waals surface area contributed by atoms with E-state index in [2.05, 4.69) is 168 Å². The van der Waals surface area contributed by atoms with E-state index in [4.69, 9.17) is 0 Å². The molecule has 0 spiro atoms. The molecule has 192 valence electrons. The summed E-state index contributed by atoms with van der Waals surface area (Å²) in [5, 5.41) is 6.28. The highest BCUT2D eigenvalue weighted by Crippen LogP contribution is 2.40. The second-order valence-electron chi connectivity index (χ2n) is 10.6. The summed E-state index contributed by atoms with van der Waals surface area (Å²) >= 11 is 0. The van der Waals surface area contributed by atoms with E-state index in [0.29, 0.717) is 0 Å². The van der Waals surface area contributed by atoms with Crippen LogP contribution in [0, 0.1) is 0 Å². The summed E-state index contributed by atoms with van der Waals surface area (Å²) in [6, 6.07) is 56.9. The van der Waals surface area contributed by atoms with Gasteiger partial charge in [0.05, 0.1) is 11.2 Å². The zero-order valence-electron chi connectivity index (χ0n) is 22.5. The molecule has 8 rings (SSSR count). The van der Waals surface area contributed by atoms with Crippen LogP contribution >= 0.6 is 0 Å². The predicted molar refractivity (Wildman–Crippen MR) is 175 cm³/mol. The molecule has 0 atom stereocenters. The molecule has 41 heavy (non-hydrogen) atoms. The van der Waals surface area contributed by atoms with E-state index in [1.165, 1.54) is 71.5 Å². The van der Waals surface area contributed by atoms with Crippen LogP contribution in [0.25, 0.3) is 71.5 Å². The SMILES string of the molecule is c1ccc(-c2ccc3c(c2)c(-c2ccccc2)cn3-c2ccc(-c3cccc4ccccc34)c3ccccc23)cc1. The quantitative estimate of drug-likeness (QED) is 0.217. The van der Waals surface area contributed by atoms with Crippen LogP contribution in [0.5, 0.6) is 0 Å².